The number of ether oxygens (including phenoxy) is 4. The van der Waals surface area contributed by atoms with Gasteiger partial charge in [0.15, 0.2) is 18.1 Å². The van der Waals surface area contributed by atoms with Crippen molar-refractivity contribution in [3.63, 3.8) is 0 Å². The number of methoxy groups -OCH3 is 2. The van der Waals surface area contributed by atoms with Gasteiger partial charge < -0.3 is 24.3 Å². The molecule has 0 bridgehead atoms. The highest BCUT2D eigenvalue weighted by atomic mass is 32.2. The third kappa shape index (κ3) is 6.67. The van der Waals surface area contributed by atoms with E-state index in [0.29, 0.717) is 42.7 Å². The first-order chi connectivity index (χ1) is 15.8. The molecule has 2 aromatic rings. The van der Waals surface area contributed by atoms with Gasteiger partial charge in [0.05, 0.1) is 33.9 Å². The van der Waals surface area contributed by atoms with Crippen LogP contribution in [0.1, 0.15) is 10.4 Å². The Balaban J connectivity index is 1.45. The largest absolute Gasteiger partial charge is 0.493 e. The maximum absolute atomic E-state index is 12.7. The molecule has 2 heterocycles. The van der Waals surface area contributed by atoms with Gasteiger partial charge in [-0.3, -0.25) is 9.59 Å². The lowest BCUT2D eigenvalue weighted by Gasteiger charge is -2.25. The number of hydrogen-bond acceptors (Lipinski definition) is 9. The first-order valence-electron chi connectivity index (χ1n) is 10.1. The van der Waals surface area contributed by atoms with Gasteiger partial charge in [0.1, 0.15) is 4.21 Å². The number of esters is 1. The zero-order chi connectivity index (χ0) is 23.8. The molecule has 0 radical (unpaired) electrons. The number of nitrogens with zero attached hydrogens (tertiary/aromatic N) is 1. The number of carbonyl (C=O) groups excluding carboxylic acids is 2. The number of sulfonamides is 1. The Morgan fingerprint density at radius 1 is 1.09 bits per heavy atom. The normalized spacial score (nSPS) is 14.5. The summed E-state index contributed by atoms with van der Waals surface area (Å²) in [6, 6.07) is 8.32. The van der Waals surface area contributed by atoms with Gasteiger partial charge >= 0.3 is 5.97 Å². The molecule has 3 rings (SSSR count). The fraction of sp³-hybridized carbons (Fsp3) is 0.429. The monoisotopic (exact) mass is 498 g/mol. The number of hydrogen-bond donors (Lipinski definition) is 1. The van der Waals surface area contributed by atoms with Crippen molar-refractivity contribution in [1.82, 2.24) is 9.62 Å². The average Bonchev–Trinajstić information content (AvgIpc) is 3.31. The second-order valence-corrected chi connectivity index (χ2v) is 10.4. The molecule has 0 unspecified atom stereocenters. The van der Waals surface area contributed by atoms with Gasteiger partial charge in [0.25, 0.3) is 15.9 Å². The summed E-state index contributed by atoms with van der Waals surface area (Å²) < 4.78 is 47.5. The van der Waals surface area contributed by atoms with Crippen molar-refractivity contribution in [3.8, 4) is 11.5 Å². The molecule has 0 saturated carbocycles. The van der Waals surface area contributed by atoms with Crippen molar-refractivity contribution in [2.75, 3.05) is 47.1 Å². The van der Waals surface area contributed by atoms with Crippen LogP contribution in [0.5, 0.6) is 11.5 Å². The summed E-state index contributed by atoms with van der Waals surface area (Å²) in [5.74, 6) is 0.0472. The van der Waals surface area contributed by atoms with E-state index in [4.69, 9.17) is 18.9 Å². The molecule has 1 aliphatic heterocycles. The molecule has 1 aromatic carbocycles. The van der Waals surface area contributed by atoms with Crippen molar-refractivity contribution < 1.29 is 37.0 Å². The van der Waals surface area contributed by atoms with E-state index >= 15 is 0 Å². The van der Waals surface area contributed by atoms with E-state index in [0.717, 1.165) is 16.9 Å². The lowest BCUT2D eigenvalue weighted by molar-refractivity contribution is -0.147. The van der Waals surface area contributed by atoms with Crippen LogP contribution in [0.15, 0.2) is 34.5 Å². The third-order valence-corrected chi connectivity index (χ3v) is 8.27. The van der Waals surface area contributed by atoms with Crippen LogP contribution in [-0.4, -0.2) is 71.7 Å². The Bertz CT molecular complexity index is 1080. The summed E-state index contributed by atoms with van der Waals surface area (Å²) in [6.45, 7) is 1.11. The van der Waals surface area contributed by atoms with Crippen molar-refractivity contribution in [2.45, 2.75) is 17.2 Å². The predicted octanol–water partition coefficient (Wildman–Crippen LogP) is 1.19. The van der Waals surface area contributed by atoms with Gasteiger partial charge in [-0.05, 0) is 29.8 Å². The molecular formula is C21H26N2O8S2. The Hall–Kier alpha value is -2.67. The van der Waals surface area contributed by atoms with Crippen LogP contribution in [0.4, 0.5) is 0 Å². The van der Waals surface area contributed by atoms with Crippen LogP contribution in [0.25, 0.3) is 0 Å². The molecule has 1 fully saturated rings. The summed E-state index contributed by atoms with van der Waals surface area (Å²) in [6.07, 6.45) is -0.119. The van der Waals surface area contributed by atoms with E-state index in [1.165, 1.54) is 24.6 Å². The van der Waals surface area contributed by atoms with Crippen molar-refractivity contribution in [3.05, 3.63) is 40.8 Å². The molecule has 12 heteroatoms. The molecule has 1 aromatic heterocycles. The number of thiophene rings is 1. The maximum atomic E-state index is 12.7. The molecular weight excluding hydrogens is 472 g/mol. The molecule has 10 nitrogen and oxygen atoms in total. The minimum absolute atomic E-state index is 0.119. The highest BCUT2D eigenvalue weighted by Gasteiger charge is 2.28. The van der Waals surface area contributed by atoms with E-state index in [1.54, 1.807) is 24.3 Å². The molecule has 33 heavy (non-hydrogen) atoms. The molecule has 1 saturated heterocycles. The van der Waals surface area contributed by atoms with Crippen LogP contribution in [-0.2, 0) is 42.1 Å². The molecule has 1 aliphatic rings. The topological polar surface area (TPSA) is 120 Å². The highest BCUT2D eigenvalue weighted by molar-refractivity contribution is 7.91. The Labute approximate surface area is 196 Å². The predicted molar refractivity (Wildman–Crippen MR) is 120 cm³/mol. The Kier molecular flexibility index (Phi) is 8.67. The standard InChI is InChI=1S/C21H26N2O8S2/c1-28-17-5-3-15(11-18(17)29-2)13-22-19(24)14-31-20(25)12-16-4-6-21(32-16)33(26,27)23-7-9-30-10-8-23/h3-6,11H,7-10,12-14H2,1-2H3,(H,22,24). The van der Waals surface area contributed by atoms with Crippen molar-refractivity contribution >= 4 is 33.2 Å². The van der Waals surface area contributed by atoms with Gasteiger partial charge in [0, 0.05) is 24.5 Å². The summed E-state index contributed by atoms with van der Waals surface area (Å²) >= 11 is 1.02. The third-order valence-electron chi connectivity index (χ3n) is 4.82. The molecule has 0 spiro atoms. The van der Waals surface area contributed by atoms with Gasteiger partial charge in [-0.25, -0.2) is 8.42 Å². The Morgan fingerprint density at radius 2 is 1.82 bits per heavy atom. The van der Waals surface area contributed by atoms with E-state index in [1.807, 2.05) is 0 Å². The number of amides is 1. The van der Waals surface area contributed by atoms with E-state index < -0.39 is 28.5 Å². The maximum Gasteiger partial charge on any atom is 0.311 e. The summed E-state index contributed by atoms with van der Waals surface area (Å²) in [7, 11) is -0.550. The van der Waals surface area contributed by atoms with Gasteiger partial charge in [0.2, 0.25) is 0 Å². The fourth-order valence-corrected chi connectivity index (χ4v) is 5.99. The van der Waals surface area contributed by atoms with Gasteiger partial charge in [-0.15, -0.1) is 11.3 Å². The zero-order valence-electron chi connectivity index (χ0n) is 18.4. The number of benzene rings is 1. The smallest absolute Gasteiger partial charge is 0.311 e. The first-order valence-corrected chi connectivity index (χ1v) is 12.4. The van der Waals surface area contributed by atoms with Crippen LogP contribution in [0.2, 0.25) is 0 Å². The second kappa shape index (κ2) is 11.5. The van der Waals surface area contributed by atoms with E-state index in [2.05, 4.69) is 5.32 Å². The molecule has 1 amide bonds. The zero-order valence-corrected chi connectivity index (χ0v) is 20.0. The number of rotatable bonds is 10. The lowest BCUT2D eigenvalue weighted by atomic mass is 10.2. The second-order valence-electron chi connectivity index (χ2n) is 7.04. The molecule has 180 valence electrons. The fourth-order valence-electron chi connectivity index (χ4n) is 3.09. The summed E-state index contributed by atoms with van der Waals surface area (Å²) in [4.78, 5) is 24.7. The van der Waals surface area contributed by atoms with Gasteiger partial charge in [-0.2, -0.15) is 4.31 Å². The summed E-state index contributed by atoms with van der Waals surface area (Å²) in [5, 5.41) is 2.66. The van der Waals surface area contributed by atoms with Crippen LogP contribution < -0.4 is 14.8 Å². The van der Waals surface area contributed by atoms with E-state index in [9.17, 15) is 18.0 Å². The van der Waals surface area contributed by atoms with Gasteiger partial charge in [-0.1, -0.05) is 6.07 Å². The Morgan fingerprint density at radius 3 is 2.52 bits per heavy atom. The minimum atomic E-state index is -3.61. The van der Waals surface area contributed by atoms with Crippen LogP contribution >= 0.6 is 11.3 Å². The van der Waals surface area contributed by atoms with Crippen LogP contribution in [0.3, 0.4) is 0 Å². The van der Waals surface area contributed by atoms with Crippen molar-refractivity contribution in [1.29, 1.82) is 0 Å². The summed E-state index contributed by atoms with van der Waals surface area (Å²) in [5.41, 5.74) is 0.792. The van der Waals surface area contributed by atoms with E-state index in [-0.39, 0.29) is 17.2 Å². The first kappa shape index (κ1) is 25.0. The molecule has 1 N–H and O–H groups in total. The molecule has 0 aliphatic carbocycles. The quantitative estimate of drug-likeness (QED) is 0.485. The number of morpholine rings is 1. The minimum Gasteiger partial charge on any atom is -0.493 e. The highest BCUT2D eigenvalue weighted by Crippen LogP contribution is 2.28. The molecule has 0 atom stereocenters. The number of carbonyl (C=O) groups is 2. The SMILES string of the molecule is COc1ccc(CNC(=O)COC(=O)Cc2ccc(S(=O)(=O)N3CCOCC3)s2)cc1OC. The average molecular weight is 499 g/mol. The van der Waals surface area contributed by atoms with Crippen molar-refractivity contribution in [2.24, 2.45) is 0 Å². The van der Waals surface area contributed by atoms with Crippen LogP contribution in [0, 0.1) is 0 Å². The number of nitrogens with one attached hydrogen (secondary N) is 1. The lowest BCUT2D eigenvalue weighted by Crippen LogP contribution is -2.40.